The molecule has 1 aromatic heterocycles. The largest absolute Gasteiger partial charge is 0.334 e. The van der Waals surface area contributed by atoms with Crippen molar-refractivity contribution in [2.75, 3.05) is 19.6 Å². The van der Waals surface area contributed by atoms with Crippen LogP contribution in [0.4, 0.5) is 4.79 Å². The maximum atomic E-state index is 12.2. The molecule has 2 aliphatic rings. The molecule has 0 aliphatic carbocycles. The Kier molecular flexibility index (Phi) is 5.69. The molecule has 2 aromatic rings. The standard InChI is InChI=1S/C20H28N6O/c27-20(22-12-18-11-19-13-21-8-4-9-26(19)24-18)23-17-7-10-25(15-17)14-16-5-2-1-3-6-16/h1-3,5-6,11,17,21H,4,7-10,12-15H2,(H2,22,23,27). The monoisotopic (exact) mass is 368 g/mol. The van der Waals surface area contributed by atoms with Crippen LogP contribution < -0.4 is 16.0 Å². The molecule has 27 heavy (non-hydrogen) atoms. The molecule has 0 radical (unpaired) electrons. The van der Waals surface area contributed by atoms with Gasteiger partial charge in [0.1, 0.15) is 0 Å². The summed E-state index contributed by atoms with van der Waals surface area (Å²) in [6, 6.07) is 12.6. The number of rotatable bonds is 5. The van der Waals surface area contributed by atoms with Gasteiger partial charge in [-0.1, -0.05) is 30.3 Å². The molecule has 1 saturated heterocycles. The Balaban J connectivity index is 1.21. The quantitative estimate of drug-likeness (QED) is 0.747. The molecule has 2 aliphatic heterocycles. The summed E-state index contributed by atoms with van der Waals surface area (Å²) in [5, 5.41) is 14.0. The van der Waals surface area contributed by atoms with Gasteiger partial charge in [-0.2, -0.15) is 5.10 Å². The predicted octanol–water partition coefficient (Wildman–Crippen LogP) is 1.45. The van der Waals surface area contributed by atoms with Crippen molar-refractivity contribution in [1.82, 2.24) is 30.6 Å². The first-order chi connectivity index (χ1) is 13.3. The molecule has 1 unspecified atom stereocenters. The second-order valence-corrected chi connectivity index (χ2v) is 7.41. The van der Waals surface area contributed by atoms with E-state index >= 15 is 0 Å². The van der Waals surface area contributed by atoms with Crippen molar-refractivity contribution in [3.8, 4) is 0 Å². The highest BCUT2D eigenvalue weighted by Gasteiger charge is 2.23. The molecule has 3 heterocycles. The molecular formula is C20H28N6O. The van der Waals surface area contributed by atoms with Crippen LogP contribution in [0.5, 0.6) is 0 Å². The molecule has 1 fully saturated rings. The number of amides is 2. The highest BCUT2D eigenvalue weighted by Crippen LogP contribution is 2.13. The van der Waals surface area contributed by atoms with Gasteiger partial charge < -0.3 is 16.0 Å². The Bertz CT molecular complexity index is 736. The molecule has 144 valence electrons. The number of likely N-dealkylation sites (tertiary alicyclic amines) is 1. The number of nitrogens with zero attached hydrogens (tertiary/aromatic N) is 3. The zero-order chi connectivity index (χ0) is 18.5. The molecular weight excluding hydrogens is 340 g/mol. The van der Waals surface area contributed by atoms with Gasteiger partial charge >= 0.3 is 6.03 Å². The van der Waals surface area contributed by atoms with E-state index < -0.39 is 0 Å². The Morgan fingerprint density at radius 2 is 2.15 bits per heavy atom. The van der Waals surface area contributed by atoms with Crippen molar-refractivity contribution >= 4 is 6.03 Å². The molecule has 1 aromatic carbocycles. The van der Waals surface area contributed by atoms with Gasteiger partial charge in [0.2, 0.25) is 0 Å². The third-order valence-corrected chi connectivity index (χ3v) is 5.23. The number of hydrogen-bond acceptors (Lipinski definition) is 4. The lowest BCUT2D eigenvalue weighted by molar-refractivity contribution is 0.235. The molecule has 1 atom stereocenters. The van der Waals surface area contributed by atoms with Gasteiger partial charge in [-0.05, 0) is 31.0 Å². The van der Waals surface area contributed by atoms with Crippen LogP contribution in [0.15, 0.2) is 36.4 Å². The number of nitrogens with one attached hydrogen (secondary N) is 3. The van der Waals surface area contributed by atoms with E-state index in [-0.39, 0.29) is 12.1 Å². The lowest BCUT2D eigenvalue weighted by atomic mass is 10.2. The van der Waals surface area contributed by atoms with E-state index in [1.165, 1.54) is 11.3 Å². The van der Waals surface area contributed by atoms with Crippen LogP contribution in [0, 0.1) is 0 Å². The fraction of sp³-hybridized carbons (Fsp3) is 0.500. The zero-order valence-electron chi connectivity index (χ0n) is 15.7. The molecule has 4 rings (SSSR count). The van der Waals surface area contributed by atoms with Crippen molar-refractivity contribution in [3.63, 3.8) is 0 Å². The minimum atomic E-state index is -0.108. The van der Waals surface area contributed by atoms with E-state index in [2.05, 4.69) is 56.3 Å². The number of aryl methyl sites for hydroxylation is 1. The number of urea groups is 1. The van der Waals surface area contributed by atoms with E-state index in [4.69, 9.17) is 0 Å². The third-order valence-electron chi connectivity index (χ3n) is 5.23. The van der Waals surface area contributed by atoms with Crippen LogP contribution in [0.25, 0.3) is 0 Å². The fourth-order valence-electron chi connectivity index (χ4n) is 3.85. The van der Waals surface area contributed by atoms with Gasteiger partial charge in [-0.25, -0.2) is 4.79 Å². The van der Waals surface area contributed by atoms with Crippen molar-refractivity contribution in [1.29, 1.82) is 0 Å². The van der Waals surface area contributed by atoms with Gasteiger partial charge in [-0.3, -0.25) is 9.58 Å². The van der Waals surface area contributed by atoms with Crippen LogP contribution in [0.2, 0.25) is 0 Å². The normalized spacial score (nSPS) is 20.1. The highest BCUT2D eigenvalue weighted by molar-refractivity contribution is 5.74. The Morgan fingerprint density at radius 1 is 1.26 bits per heavy atom. The van der Waals surface area contributed by atoms with Crippen LogP contribution in [-0.2, 0) is 26.2 Å². The summed E-state index contributed by atoms with van der Waals surface area (Å²) in [6.45, 7) is 6.13. The van der Waals surface area contributed by atoms with E-state index in [9.17, 15) is 4.79 Å². The summed E-state index contributed by atoms with van der Waals surface area (Å²) < 4.78 is 2.05. The lowest BCUT2D eigenvalue weighted by Crippen LogP contribution is -2.43. The molecule has 0 bridgehead atoms. The molecule has 2 amide bonds. The second-order valence-electron chi connectivity index (χ2n) is 7.41. The van der Waals surface area contributed by atoms with Gasteiger partial charge in [0, 0.05) is 38.8 Å². The number of fused-ring (bicyclic) bond motifs is 1. The summed E-state index contributed by atoms with van der Waals surface area (Å²) in [5.41, 5.74) is 3.43. The van der Waals surface area contributed by atoms with Gasteiger partial charge in [-0.15, -0.1) is 0 Å². The van der Waals surface area contributed by atoms with Crippen molar-refractivity contribution < 1.29 is 4.79 Å². The third kappa shape index (κ3) is 4.87. The van der Waals surface area contributed by atoms with Gasteiger partial charge in [0.05, 0.1) is 17.9 Å². The molecule has 3 N–H and O–H groups in total. The molecule has 0 spiro atoms. The van der Waals surface area contributed by atoms with Gasteiger partial charge in [0.15, 0.2) is 0 Å². The summed E-state index contributed by atoms with van der Waals surface area (Å²) >= 11 is 0. The summed E-state index contributed by atoms with van der Waals surface area (Å²) in [7, 11) is 0. The smallest absolute Gasteiger partial charge is 0.315 e. The first-order valence-corrected chi connectivity index (χ1v) is 9.83. The average Bonchev–Trinajstić information content (AvgIpc) is 3.21. The summed E-state index contributed by atoms with van der Waals surface area (Å²) in [4.78, 5) is 14.6. The van der Waals surface area contributed by atoms with Gasteiger partial charge in [0.25, 0.3) is 0 Å². The van der Waals surface area contributed by atoms with E-state index in [0.717, 1.165) is 57.8 Å². The van der Waals surface area contributed by atoms with Crippen LogP contribution in [0.1, 0.15) is 29.8 Å². The van der Waals surface area contributed by atoms with Crippen LogP contribution in [0.3, 0.4) is 0 Å². The Morgan fingerprint density at radius 3 is 3.04 bits per heavy atom. The molecule has 0 saturated carbocycles. The maximum Gasteiger partial charge on any atom is 0.315 e. The maximum absolute atomic E-state index is 12.2. The summed E-state index contributed by atoms with van der Waals surface area (Å²) in [5.74, 6) is 0. The van der Waals surface area contributed by atoms with Crippen LogP contribution in [-0.4, -0.2) is 46.4 Å². The first kappa shape index (κ1) is 18.0. The average molecular weight is 368 g/mol. The van der Waals surface area contributed by atoms with Crippen LogP contribution >= 0.6 is 0 Å². The Hall–Kier alpha value is -2.38. The topological polar surface area (TPSA) is 74.2 Å². The van der Waals surface area contributed by atoms with Crippen molar-refractivity contribution in [2.45, 2.75) is 45.1 Å². The number of carbonyl (C=O) groups excluding carboxylic acids is 1. The first-order valence-electron chi connectivity index (χ1n) is 9.83. The summed E-state index contributed by atoms with van der Waals surface area (Å²) in [6.07, 6.45) is 2.08. The zero-order valence-corrected chi connectivity index (χ0v) is 15.7. The van der Waals surface area contributed by atoms with Crippen molar-refractivity contribution in [3.05, 3.63) is 53.3 Å². The van der Waals surface area contributed by atoms with E-state index in [0.29, 0.717) is 6.54 Å². The number of hydrogen-bond donors (Lipinski definition) is 3. The number of benzene rings is 1. The number of carbonyl (C=O) groups is 1. The van der Waals surface area contributed by atoms with E-state index in [1.54, 1.807) is 0 Å². The van der Waals surface area contributed by atoms with Crippen molar-refractivity contribution in [2.24, 2.45) is 0 Å². The lowest BCUT2D eigenvalue weighted by Gasteiger charge is -2.17. The number of aromatic nitrogens is 2. The van der Waals surface area contributed by atoms with E-state index in [1.807, 2.05) is 10.7 Å². The second kappa shape index (κ2) is 8.54. The molecule has 7 heteroatoms. The minimum Gasteiger partial charge on any atom is -0.334 e. The minimum absolute atomic E-state index is 0.108. The fourth-order valence-corrected chi connectivity index (χ4v) is 3.85. The SMILES string of the molecule is O=C(NCc1cc2n(n1)CCCNC2)NC1CCN(Cc2ccccc2)C1. The molecule has 7 nitrogen and oxygen atoms in total. The Labute approximate surface area is 160 Å². The predicted molar refractivity (Wildman–Crippen MR) is 104 cm³/mol. The highest BCUT2D eigenvalue weighted by atomic mass is 16.2.